The number of ether oxygens (including phenoxy) is 2. The fraction of sp³-hybridized carbons (Fsp3) is 0.308. The van der Waals surface area contributed by atoms with E-state index in [1.165, 1.54) is 0 Å². The Hall–Kier alpha value is -2.77. The van der Waals surface area contributed by atoms with Crippen LogP contribution in [0.5, 0.6) is 11.5 Å². The van der Waals surface area contributed by atoms with E-state index in [9.17, 15) is 14.4 Å². The van der Waals surface area contributed by atoms with E-state index in [4.69, 9.17) is 14.6 Å². The normalized spacial score (nSPS) is 11.8. The number of rotatable bonds is 6. The summed E-state index contributed by atoms with van der Waals surface area (Å²) in [6.45, 7) is -0.306. The van der Waals surface area contributed by atoms with Crippen molar-refractivity contribution in [3.05, 3.63) is 18.2 Å². The first-order valence-corrected chi connectivity index (χ1v) is 6.22. The van der Waals surface area contributed by atoms with Gasteiger partial charge in [0.2, 0.25) is 18.6 Å². The maximum absolute atomic E-state index is 11.7. The summed E-state index contributed by atoms with van der Waals surface area (Å²) >= 11 is 0. The van der Waals surface area contributed by atoms with Crippen molar-refractivity contribution in [3.8, 4) is 11.5 Å². The molecule has 0 spiro atoms. The largest absolute Gasteiger partial charge is 0.480 e. The van der Waals surface area contributed by atoms with E-state index >= 15 is 0 Å². The molecule has 1 aromatic rings. The summed E-state index contributed by atoms with van der Waals surface area (Å²) in [6, 6.07) is 4.97. The number of hydrogen-bond donors (Lipinski definition) is 3. The second-order valence-corrected chi connectivity index (χ2v) is 4.29. The zero-order chi connectivity index (χ0) is 15.2. The molecule has 1 aromatic carbocycles. The highest BCUT2D eigenvalue weighted by atomic mass is 16.7. The topological polar surface area (TPSA) is 114 Å². The minimum Gasteiger partial charge on any atom is -0.480 e. The van der Waals surface area contributed by atoms with Crippen molar-refractivity contribution in [3.63, 3.8) is 0 Å². The molecular weight excluding hydrogens is 280 g/mol. The monoisotopic (exact) mass is 294 g/mol. The third-order valence-electron chi connectivity index (χ3n) is 2.67. The Morgan fingerprint density at radius 1 is 1.10 bits per heavy atom. The number of anilines is 1. The average Bonchev–Trinajstić information content (AvgIpc) is 2.90. The molecule has 0 radical (unpaired) electrons. The summed E-state index contributed by atoms with van der Waals surface area (Å²) in [5.41, 5.74) is 0.537. The van der Waals surface area contributed by atoms with Gasteiger partial charge in [0.25, 0.3) is 0 Å². The molecule has 0 bridgehead atoms. The van der Waals surface area contributed by atoms with Crippen LogP contribution in [0.4, 0.5) is 5.69 Å². The lowest BCUT2D eigenvalue weighted by Gasteiger charge is -2.06. The maximum Gasteiger partial charge on any atom is 0.322 e. The molecule has 0 fully saturated rings. The minimum atomic E-state index is -1.13. The molecule has 21 heavy (non-hydrogen) atoms. The fourth-order valence-electron chi connectivity index (χ4n) is 1.69. The summed E-state index contributed by atoms with van der Waals surface area (Å²) < 4.78 is 10.3. The van der Waals surface area contributed by atoms with Gasteiger partial charge in [0.05, 0.1) is 0 Å². The van der Waals surface area contributed by atoms with E-state index in [-0.39, 0.29) is 25.5 Å². The molecule has 2 rings (SSSR count). The van der Waals surface area contributed by atoms with Gasteiger partial charge in [-0.15, -0.1) is 0 Å². The molecule has 1 heterocycles. The molecule has 1 aliphatic heterocycles. The van der Waals surface area contributed by atoms with Crippen molar-refractivity contribution in [1.82, 2.24) is 5.32 Å². The van der Waals surface area contributed by atoms with Gasteiger partial charge >= 0.3 is 5.97 Å². The van der Waals surface area contributed by atoms with Gasteiger partial charge in [-0.1, -0.05) is 0 Å². The number of amides is 2. The van der Waals surface area contributed by atoms with Gasteiger partial charge in [-0.05, 0) is 12.1 Å². The van der Waals surface area contributed by atoms with Crippen LogP contribution in [0.25, 0.3) is 0 Å². The Labute approximate surface area is 120 Å². The van der Waals surface area contributed by atoms with Gasteiger partial charge in [0.15, 0.2) is 11.5 Å². The maximum atomic E-state index is 11.7. The summed E-state index contributed by atoms with van der Waals surface area (Å²) in [4.78, 5) is 33.2. The summed E-state index contributed by atoms with van der Waals surface area (Å²) in [5.74, 6) is -0.807. The summed E-state index contributed by atoms with van der Waals surface area (Å²) in [7, 11) is 0. The van der Waals surface area contributed by atoms with Crippen LogP contribution in [0.1, 0.15) is 12.8 Å². The number of hydrogen-bond acceptors (Lipinski definition) is 5. The molecule has 2 amide bonds. The summed E-state index contributed by atoms with van der Waals surface area (Å²) in [6.07, 6.45) is -0.121. The lowest BCUT2D eigenvalue weighted by Crippen LogP contribution is -2.29. The first-order valence-electron chi connectivity index (χ1n) is 6.22. The number of carbonyl (C=O) groups is 3. The Morgan fingerprint density at radius 2 is 1.81 bits per heavy atom. The SMILES string of the molecule is O=C(O)CNC(=O)CCC(=O)Nc1ccc2c(c1)OCO2. The zero-order valence-electron chi connectivity index (χ0n) is 11.0. The van der Waals surface area contributed by atoms with Gasteiger partial charge in [-0.3, -0.25) is 14.4 Å². The smallest absolute Gasteiger partial charge is 0.322 e. The molecule has 0 unspecified atom stereocenters. The highest BCUT2D eigenvalue weighted by Gasteiger charge is 2.14. The van der Waals surface area contributed by atoms with Crippen molar-refractivity contribution >= 4 is 23.5 Å². The highest BCUT2D eigenvalue weighted by molar-refractivity contribution is 5.93. The first-order chi connectivity index (χ1) is 10.0. The molecular formula is C13H14N2O6. The third-order valence-corrected chi connectivity index (χ3v) is 2.67. The number of aliphatic carboxylic acids is 1. The molecule has 112 valence electrons. The highest BCUT2D eigenvalue weighted by Crippen LogP contribution is 2.34. The van der Waals surface area contributed by atoms with Crippen LogP contribution in [-0.4, -0.2) is 36.2 Å². The van der Waals surface area contributed by atoms with Crippen LogP contribution in [0.3, 0.4) is 0 Å². The zero-order valence-corrected chi connectivity index (χ0v) is 11.0. The number of carboxylic acid groups (broad SMARTS) is 1. The van der Waals surface area contributed by atoms with E-state index in [1.54, 1.807) is 18.2 Å². The Balaban J connectivity index is 1.77. The number of fused-ring (bicyclic) bond motifs is 1. The van der Waals surface area contributed by atoms with Crippen LogP contribution in [0.2, 0.25) is 0 Å². The molecule has 0 saturated heterocycles. The first kappa shape index (κ1) is 14.6. The van der Waals surface area contributed by atoms with Gasteiger partial charge in [0, 0.05) is 24.6 Å². The van der Waals surface area contributed by atoms with Gasteiger partial charge in [0.1, 0.15) is 6.54 Å². The van der Waals surface area contributed by atoms with Gasteiger partial charge < -0.3 is 25.2 Å². The van der Waals surface area contributed by atoms with E-state index < -0.39 is 18.4 Å². The minimum absolute atomic E-state index is 0.0418. The van der Waals surface area contributed by atoms with Crippen LogP contribution >= 0.6 is 0 Å². The Kier molecular flexibility index (Phi) is 4.60. The molecule has 1 aliphatic rings. The molecule has 0 aliphatic carbocycles. The van der Waals surface area contributed by atoms with E-state index in [0.29, 0.717) is 17.2 Å². The van der Waals surface area contributed by atoms with Crippen molar-refractivity contribution in [2.75, 3.05) is 18.7 Å². The molecule has 0 saturated carbocycles. The van der Waals surface area contributed by atoms with Crippen molar-refractivity contribution in [1.29, 1.82) is 0 Å². The van der Waals surface area contributed by atoms with Crippen molar-refractivity contribution in [2.45, 2.75) is 12.8 Å². The van der Waals surface area contributed by atoms with Gasteiger partial charge in [-0.2, -0.15) is 0 Å². The fourth-order valence-corrected chi connectivity index (χ4v) is 1.69. The predicted octanol–water partition coefficient (Wildman–Crippen LogP) is 0.335. The second-order valence-electron chi connectivity index (χ2n) is 4.29. The van der Waals surface area contributed by atoms with E-state index in [1.807, 2.05) is 0 Å². The molecule has 0 aromatic heterocycles. The molecule has 8 nitrogen and oxygen atoms in total. The summed E-state index contributed by atoms with van der Waals surface area (Å²) in [5, 5.41) is 13.2. The van der Waals surface area contributed by atoms with Crippen LogP contribution in [-0.2, 0) is 14.4 Å². The number of nitrogens with one attached hydrogen (secondary N) is 2. The van der Waals surface area contributed by atoms with Gasteiger partial charge in [-0.25, -0.2) is 0 Å². The van der Waals surface area contributed by atoms with Crippen molar-refractivity contribution < 1.29 is 29.0 Å². The standard InChI is InChI=1S/C13H14N2O6/c16-11(14-6-13(18)19)3-4-12(17)15-8-1-2-9-10(5-8)21-7-20-9/h1-2,5H,3-4,6-7H2,(H,14,16)(H,15,17)(H,18,19). The van der Waals surface area contributed by atoms with Crippen LogP contribution < -0.4 is 20.1 Å². The lowest BCUT2D eigenvalue weighted by atomic mass is 10.2. The van der Waals surface area contributed by atoms with Crippen LogP contribution in [0.15, 0.2) is 18.2 Å². The lowest BCUT2D eigenvalue weighted by molar-refractivity contribution is -0.138. The Bertz CT molecular complexity index is 572. The number of carbonyl (C=O) groups excluding carboxylic acids is 2. The Morgan fingerprint density at radius 3 is 2.57 bits per heavy atom. The number of benzene rings is 1. The predicted molar refractivity (Wildman–Crippen MR) is 71.1 cm³/mol. The number of carboxylic acids is 1. The second kappa shape index (κ2) is 6.60. The molecule has 3 N–H and O–H groups in total. The molecule has 0 atom stereocenters. The van der Waals surface area contributed by atoms with E-state index in [0.717, 1.165) is 0 Å². The quantitative estimate of drug-likeness (QED) is 0.697. The van der Waals surface area contributed by atoms with Crippen LogP contribution in [0, 0.1) is 0 Å². The third kappa shape index (κ3) is 4.37. The van der Waals surface area contributed by atoms with Crippen molar-refractivity contribution in [2.24, 2.45) is 0 Å². The average molecular weight is 294 g/mol. The molecule has 8 heteroatoms. The van der Waals surface area contributed by atoms with E-state index in [2.05, 4.69) is 10.6 Å².